The highest BCUT2D eigenvalue weighted by molar-refractivity contribution is 5.94. The van der Waals surface area contributed by atoms with Crippen LogP contribution < -0.4 is 5.32 Å². The number of carbonyl (C=O) groups is 1. The molecule has 3 aromatic rings. The molecular formula is C24H24F2N2O. The van der Waals surface area contributed by atoms with Gasteiger partial charge in [0.1, 0.15) is 17.2 Å². The van der Waals surface area contributed by atoms with Gasteiger partial charge in [-0.2, -0.15) is 0 Å². The Kier molecular flexibility index (Phi) is 5.56. The van der Waals surface area contributed by atoms with Crippen LogP contribution in [0.5, 0.6) is 0 Å². The molecule has 150 valence electrons. The van der Waals surface area contributed by atoms with E-state index in [9.17, 15) is 13.6 Å². The molecule has 1 aliphatic rings. The predicted octanol–water partition coefficient (Wildman–Crippen LogP) is 5.61. The molecule has 29 heavy (non-hydrogen) atoms. The zero-order valence-corrected chi connectivity index (χ0v) is 16.4. The van der Waals surface area contributed by atoms with Crippen LogP contribution in [0.4, 0.5) is 8.78 Å². The number of fused-ring (bicyclic) bond motifs is 1. The second-order valence-electron chi connectivity index (χ2n) is 7.92. The minimum Gasteiger partial charge on any atom is -0.349 e. The fraction of sp³-hybridized carbons (Fsp3) is 0.333. The maximum atomic E-state index is 14.1. The number of pyridine rings is 1. The molecule has 5 heteroatoms. The van der Waals surface area contributed by atoms with Crippen molar-refractivity contribution in [2.75, 3.05) is 0 Å². The molecule has 1 atom stereocenters. The summed E-state index contributed by atoms with van der Waals surface area (Å²) in [6, 6.07) is 12.9. The van der Waals surface area contributed by atoms with Crippen molar-refractivity contribution in [3.05, 3.63) is 77.5 Å². The lowest BCUT2D eigenvalue weighted by Crippen LogP contribution is -2.39. The van der Waals surface area contributed by atoms with Crippen molar-refractivity contribution < 1.29 is 13.6 Å². The van der Waals surface area contributed by atoms with E-state index in [0.717, 1.165) is 36.6 Å². The van der Waals surface area contributed by atoms with E-state index in [0.29, 0.717) is 22.9 Å². The van der Waals surface area contributed by atoms with Gasteiger partial charge in [-0.15, -0.1) is 0 Å². The molecule has 1 aliphatic carbocycles. The number of halogens is 2. The van der Waals surface area contributed by atoms with E-state index < -0.39 is 5.82 Å². The molecule has 0 aliphatic heterocycles. The number of benzene rings is 2. The molecule has 0 bridgehead atoms. The molecule has 0 saturated heterocycles. The second kappa shape index (κ2) is 8.27. The molecular weight excluding hydrogens is 370 g/mol. The molecule has 1 amide bonds. The lowest BCUT2D eigenvalue weighted by atomic mass is 9.75. The summed E-state index contributed by atoms with van der Waals surface area (Å²) in [7, 11) is 0. The topological polar surface area (TPSA) is 42.0 Å². The Balaban J connectivity index is 1.41. The molecule has 1 aromatic heterocycles. The van der Waals surface area contributed by atoms with Crippen LogP contribution in [0.1, 0.15) is 54.4 Å². The number of carbonyl (C=O) groups excluding carboxylic acids is 1. The van der Waals surface area contributed by atoms with Gasteiger partial charge in [-0.1, -0.05) is 18.2 Å². The zero-order valence-electron chi connectivity index (χ0n) is 16.4. The number of nitrogens with zero attached hydrogens (tertiary/aromatic N) is 1. The predicted molar refractivity (Wildman–Crippen MR) is 110 cm³/mol. The van der Waals surface area contributed by atoms with E-state index in [2.05, 4.69) is 10.3 Å². The van der Waals surface area contributed by atoms with E-state index in [1.807, 2.05) is 19.1 Å². The number of hydrogen-bond acceptors (Lipinski definition) is 2. The molecule has 1 heterocycles. The van der Waals surface area contributed by atoms with Gasteiger partial charge in [0.15, 0.2) is 0 Å². The van der Waals surface area contributed by atoms with E-state index in [1.165, 1.54) is 18.2 Å². The Morgan fingerprint density at radius 2 is 1.83 bits per heavy atom. The fourth-order valence-corrected chi connectivity index (χ4v) is 4.49. The monoisotopic (exact) mass is 394 g/mol. The van der Waals surface area contributed by atoms with Gasteiger partial charge < -0.3 is 5.32 Å². The normalized spacial score (nSPS) is 20.4. The Morgan fingerprint density at radius 1 is 1.07 bits per heavy atom. The van der Waals surface area contributed by atoms with E-state index >= 15 is 0 Å². The summed E-state index contributed by atoms with van der Waals surface area (Å²) in [5, 5.41) is 3.91. The van der Waals surface area contributed by atoms with Gasteiger partial charge in [-0.3, -0.25) is 9.78 Å². The zero-order chi connectivity index (χ0) is 20.4. The molecule has 0 spiro atoms. The van der Waals surface area contributed by atoms with E-state index in [-0.39, 0.29) is 17.8 Å². The molecule has 1 N–H and O–H groups in total. The summed E-state index contributed by atoms with van der Waals surface area (Å²) in [5.41, 5.74) is 1.93. The first-order valence-electron chi connectivity index (χ1n) is 10.1. The third kappa shape index (κ3) is 4.14. The summed E-state index contributed by atoms with van der Waals surface area (Å²) < 4.78 is 27.4. The molecule has 1 fully saturated rings. The van der Waals surface area contributed by atoms with Gasteiger partial charge >= 0.3 is 0 Å². The van der Waals surface area contributed by atoms with Gasteiger partial charge in [0, 0.05) is 23.2 Å². The maximum Gasteiger partial charge on any atom is 0.251 e. The van der Waals surface area contributed by atoms with Crippen LogP contribution in [-0.2, 0) is 0 Å². The summed E-state index contributed by atoms with van der Waals surface area (Å²) in [5.74, 6) is -0.202. The van der Waals surface area contributed by atoms with Crippen molar-refractivity contribution in [3.63, 3.8) is 0 Å². The lowest BCUT2D eigenvalue weighted by molar-refractivity contribution is 0.0917. The third-order valence-corrected chi connectivity index (χ3v) is 6.12. The number of nitrogens with one attached hydrogen (secondary N) is 1. The molecule has 3 nitrogen and oxygen atoms in total. The Hall–Kier alpha value is -2.82. The minimum absolute atomic E-state index is 0.0124. The van der Waals surface area contributed by atoms with Crippen LogP contribution in [0.3, 0.4) is 0 Å². The Bertz CT molecular complexity index is 1030. The van der Waals surface area contributed by atoms with Crippen molar-refractivity contribution in [2.45, 2.75) is 44.6 Å². The first-order chi connectivity index (χ1) is 14.0. The first-order valence-corrected chi connectivity index (χ1v) is 10.1. The number of para-hydroxylation sites is 1. The van der Waals surface area contributed by atoms with E-state index in [4.69, 9.17) is 0 Å². The molecule has 4 rings (SSSR count). The van der Waals surface area contributed by atoms with Gasteiger partial charge in [0.25, 0.3) is 5.91 Å². The standard InChI is InChI=1S/C24H24F2N2O/c1-15(28-24(29)18-4-2-5-19(25)14-18)16-8-10-17(11-9-16)20-12-13-27-23-21(20)6-3-7-22(23)26/h2-7,12-17H,8-11H2,1H3,(H,28,29)/t15-,16?,17?/m1/s1. The first kappa shape index (κ1) is 19.5. The SMILES string of the molecule is C[C@@H](NC(=O)c1cccc(F)c1)C1CCC(c2ccnc3c(F)cccc23)CC1. The highest BCUT2D eigenvalue weighted by atomic mass is 19.1. The fourth-order valence-electron chi connectivity index (χ4n) is 4.49. The van der Waals surface area contributed by atoms with Crippen LogP contribution in [0.25, 0.3) is 10.9 Å². The molecule has 0 unspecified atom stereocenters. The number of rotatable bonds is 4. The second-order valence-corrected chi connectivity index (χ2v) is 7.92. The van der Waals surface area contributed by atoms with Gasteiger partial charge in [-0.05, 0) is 80.3 Å². The van der Waals surface area contributed by atoms with Crippen molar-refractivity contribution in [3.8, 4) is 0 Å². The average Bonchev–Trinajstić information content (AvgIpc) is 2.74. The molecule has 2 aromatic carbocycles. The van der Waals surface area contributed by atoms with Gasteiger partial charge in [0.2, 0.25) is 0 Å². The van der Waals surface area contributed by atoms with Crippen molar-refractivity contribution in [1.82, 2.24) is 10.3 Å². The smallest absolute Gasteiger partial charge is 0.251 e. The van der Waals surface area contributed by atoms with Crippen LogP contribution in [0.2, 0.25) is 0 Å². The third-order valence-electron chi connectivity index (χ3n) is 6.12. The highest BCUT2D eigenvalue weighted by Gasteiger charge is 2.28. The Labute approximate surface area is 169 Å². The number of hydrogen-bond donors (Lipinski definition) is 1. The van der Waals surface area contributed by atoms with Gasteiger partial charge in [-0.25, -0.2) is 8.78 Å². The largest absolute Gasteiger partial charge is 0.349 e. The summed E-state index contributed by atoms with van der Waals surface area (Å²) >= 11 is 0. The maximum absolute atomic E-state index is 14.1. The summed E-state index contributed by atoms with van der Waals surface area (Å²) in [6.07, 6.45) is 5.62. The average molecular weight is 394 g/mol. The van der Waals surface area contributed by atoms with Crippen LogP contribution in [0, 0.1) is 17.6 Å². The van der Waals surface area contributed by atoms with Crippen LogP contribution >= 0.6 is 0 Å². The molecule has 0 radical (unpaired) electrons. The van der Waals surface area contributed by atoms with Gasteiger partial charge in [0.05, 0.1) is 0 Å². The van der Waals surface area contributed by atoms with Crippen LogP contribution in [0.15, 0.2) is 54.7 Å². The van der Waals surface area contributed by atoms with Crippen molar-refractivity contribution in [2.24, 2.45) is 5.92 Å². The number of amides is 1. The summed E-state index contributed by atoms with van der Waals surface area (Å²) in [6.45, 7) is 2.01. The minimum atomic E-state index is -0.410. The van der Waals surface area contributed by atoms with Crippen molar-refractivity contribution in [1.29, 1.82) is 0 Å². The van der Waals surface area contributed by atoms with Crippen molar-refractivity contribution >= 4 is 16.8 Å². The highest BCUT2D eigenvalue weighted by Crippen LogP contribution is 2.39. The molecule has 1 saturated carbocycles. The van der Waals surface area contributed by atoms with E-state index in [1.54, 1.807) is 24.4 Å². The number of aromatic nitrogens is 1. The summed E-state index contributed by atoms with van der Waals surface area (Å²) in [4.78, 5) is 16.6. The quantitative estimate of drug-likeness (QED) is 0.625. The van der Waals surface area contributed by atoms with Crippen LogP contribution in [-0.4, -0.2) is 16.9 Å². The Morgan fingerprint density at radius 3 is 2.59 bits per heavy atom. The lowest BCUT2D eigenvalue weighted by Gasteiger charge is -2.33.